The number of allylic oxidation sites excluding steroid dienone is 4. The van der Waals surface area contributed by atoms with Crippen LogP contribution >= 0.6 is 0 Å². The molecule has 0 aliphatic heterocycles. The number of rotatable bonds is 9. The van der Waals surface area contributed by atoms with Gasteiger partial charge in [-0.15, -0.1) is 0 Å². The van der Waals surface area contributed by atoms with Gasteiger partial charge in [0.25, 0.3) is 0 Å². The van der Waals surface area contributed by atoms with Gasteiger partial charge in [0.1, 0.15) is 0 Å². The third-order valence-corrected chi connectivity index (χ3v) is 6.80. The van der Waals surface area contributed by atoms with Gasteiger partial charge in [0.05, 0.1) is 5.41 Å². The predicted octanol–water partition coefficient (Wildman–Crippen LogP) is 5.31. The number of nitrogens with two attached hydrogens (primary N) is 3. The molecule has 0 heterocycles. The summed E-state index contributed by atoms with van der Waals surface area (Å²) in [6, 6.07) is 26.2. The molecule has 0 aromatic heterocycles. The first-order chi connectivity index (χ1) is 16.1. The van der Waals surface area contributed by atoms with Crippen molar-refractivity contribution in [3.8, 4) is 0 Å². The highest BCUT2D eigenvalue weighted by Gasteiger charge is 2.43. The van der Waals surface area contributed by atoms with E-state index in [1.165, 1.54) is 22.3 Å². The van der Waals surface area contributed by atoms with E-state index in [0.29, 0.717) is 19.6 Å². The fourth-order valence-electron chi connectivity index (χ4n) is 5.20. The van der Waals surface area contributed by atoms with Gasteiger partial charge in [-0.05, 0) is 39.8 Å². The Bertz CT molecular complexity index is 1040. The number of benzene rings is 3. The second-order valence-corrected chi connectivity index (χ2v) is 8.90. The van der Waals surface area contributed by atoms with Gasteiger partial charge in [0.15, 0.2) is 0 Å². The lowest BCUT2D eigenvalue weighted by Crippen LogP contribution is -2.36. The molecule has 0 saturated heterocycles. The number of hydrogen-bond donors (Lipinski definition) is 3. The minimum Gasteiger partial charge on any atom is -0.326 e. The maximum Gasteiger partial charge on any atom is 0.0548 e. The second kappa shape index (κ2) is 10.3. The van der Waals surface area contributed by atoms with E-state index in [2.05, 4.69) is 97.9 Å². The Hall–Kier alpha value is -2.98. The molecule has 1 aliphatic carbocycles. The first-order valence-corrected chi connectivity index (χ1v) is 11.9. The smallest absolute Gasteiger partial charge is 0.0548 e. The molecule has 0 saturated carbocycles. The standard InChI is InChI=1S/C30H35N3/c1-2-6-22-13-14-29(15-22)30(26-10-3-7-23(16-26)19-31,27-11-4-8-24(17-27)20-32)28-12-5-9-25(18-28)21-33/h3-5,7-18,29H,2,6,19-21,31-33H2,1H3. The molecule has 0 fully saturated rings. The van der Waals surface area contributed by atoms with Gasteiger partial charge in [0.2, 0.25) is 0 Å². The Labute approximate surface area is 198 Å². The van der Waals surface area contributed by atoms with Crippen molar-refractivity contribution >= 4 is 0 Å². The molecule has 1 aliphatic rings. The van der Waals surface area contributed by atoms with Crippen LogP contribution in [0.2, 0.25) is 0 Å². The predicted molar refractivity (Wildman–Crippen MR) is 139 cm³/mol. The van der Waals surface area contributed by atoms with Gasteiger partial charge in [-0.2, -0.15) is 0 Å². The lowest BCUT2D eigenvalue weighted by Gasteiger charge is -2.40. The van der Waals surface area contributed by atoms with Gasteiger partial charge in [-0.1, -0.05) is 110 Å². The Morgan fingerprint density at radius 2 is 1.15 bits per heavy atom. The average molecular weight is 438 g/mol. The molecular formula is C30H35N3. The highest BCUT2D eigenvalue weighted by atomic mass is 14.5. The van der Waals surface area contributed by atoms with Crippen LogP contribution in [0.5, 0.6) is 0 Å². The van der Waals surface area contributed by atoms with Crippen LogP contribution in [0, 0.1) is 5.92 Å². The second-order valence-electron chi connectivity index (χ2n) is 8.90. The monoisotopic (exact) mass is 437 g/mol. The molecule has 3 nitrogen and oxygen atoms in total. The van der Waals surface area contributed by atoms with Crippen molar-refractivity contribution in [2.24, 2.45) is 23.1 Å². The van der Waals surface area contributed by atoms with E-state index in [1.807, 2.05) is 0 Å². The SMILES string of the molecule is CCCC1=CC(C(c2cccc(CN)c2)(c2cccc(CN)c2)c2cccc(CN)c2)C=C1. The van der Waals surface area contributed by atoms with E-state index in [0.717, 1.165) is 29.5 Å². The Morgan fingerprint density at radius 1 is 0.697 bits per heavy atom. The lowest BCUT2D eigenvalue weighted by molar-refractivity contribution is 0.525. The van der Waals surface area contributed by atoms with E-state index in [-0.39, 0.29) is 5.92 Å². The summed E-state index contributed by atoms with van der Waals surface area (Å²) in [5.74, 6) is 0.160. The Kier molecular flexibility index (Phi) is 7.24. The molecule has 4 rings (SSSR count). The fourth-order valence-corrected chi connectivity index (χ4v) is 5.20. The van der Waals surface area contributed by atoms with Crippen LogP contribution in [0.3, 0.4) is 0 Å². The molecule has 0 spiro atoms. The van der Waals surface area contributed by atoms with E-state index in [1.54, 1.807) is 0 Å². The molecule has 3 aromatic rings. The largest absolute Gasteiger partial charge is 0.326 e. The van der Waals surface area contributed by atoms with Gasteiger partial charge in [-0.25, -0.2) is 0 Å². The topological polar surface area (TPSA) is 78.1 Å². The zero-order valence-electron chi connectivity index (χ0n) is 19.5. The molecular weight excluding hydrogens is 402 g/mol. The molecule has 1 atom stereocenters. The normalized spacial score (nSPS) is 15.6. The summed E-state index contributed by atoms with van der Waals surface area (Å²) in [7, 11) is 0. The maximum absolute atomic E-state index is 6.09. The maximum atomic E-state index is 6.09. The third-order valence-electron chi connectivity index (χ3n) is 6.80. The fraction of sp³-hybridized carbons (Fsp3) is 0.267. The summed E-state index contributed by atoms with van der Waals surface area (Å²) >= 11 is 0. The van der Waals surface area contributed by atoms with Gasteiger partial charge in [-0.3, -0.25) is 0 Å². The molecule has 0 radical (unpaired) electrons. The molecule has 6 N–H and O–H groups in total. The molecule has 0 bridgehead atoms. The van der Waals surface area contributed by atoms with E-state index in [4.69, 9.17) is 17.2 Å². The van der Waals surface area contributed by atoms with E-state index < -0.39 is 5.41 Å². The zero-order valence-corrected chi connectivity index (χ0v) is 19.5. The molecule has 3 aromatic carbocycles. The number of hydrogen-bond acceptors (Lipinski definition) is 3. The highest BCUT2D eigenvalue weighted by Crippen LogP contribution is 2.49. The first-order valence-electron chi connectivity index (χ1n) is 11.9. The third kappa shape index (κ3) is 4.45. The summed E-state index contributed by atoms with van der Waals surface area (Å²) in [5, 5.41) is 0. The van der Waals surface area contributed by atoms with Gasteiger partial charge in [0, 0.05) is 25.6 Å². The van der Waals surface area contributed by atoms with Gasteiger partial charge < -0.3 is 17.2 Å². The van der Waals surface area contributed by atoms with Crippen LogP contribution in [0.15, 0.2) is 96.6 Å². The molecule has 3 heteroatoms. The summed E-state index contributed by atoms with van der Waals surface area (Å²) in [6.45, 7) is 3.75. The van der Waals surface area contributed by atoms with E-state index in [9.17, 15) is 0 Å². The minimum absolute atomic E-state index is 0.160. The summed E-state index contributed by atoms with van der Waals surface area (Å²) in [5.41, 5.74) is 26.3. The van der Waals surface area contributed by atoms with Crippen molar-refractivity contribution in [2.45, 2.75) is 44.8 Å². The minimum atomic E-state index is -0.423. The van der Waals surface area contributed by atoms with Crippen molar-refractivity contribution < 1.29 is 0 Å². The highest BCUT2D eigenvalue weighted by molar-refractivity contribution is 5.57. The zero-order chi connectivity index (χ0) is 23.3. The van der Waals surface area contributed by atoms with Crippen LogP contribution in [-0.2, 0) is 25.0 Å². The first kappa shape index (κ1) is 23.2. The summed E-state index contributed by atoms with van der Waals surface area (Å²) < 4.78 is 0. The Morgan fingerprint density at radius 3 is 1.55 bits per heavy atom. The molecule has 33 heavy (non-hydrogen) atoms. The quantitative estimate of drug-likeness (QED) is 0.397. The van der Waals surface area contributed by atoms with Crippen molar-refractivity contribution in [1.82, 2.24) is 0 Å². The van der Waals surface area contributed by atoms with Crippen molar-refractivity contribution in [3.63, 3.8) is 0 Å². The molecule has 0 amide bonds. The van der Waals surface area contributed by atoms with Crippen LogP contribution in [0.4, 0.5) is 0 Å². The van der Waals surface area contributed by atoms with E-state index >= 15 is 0 Å². The van der Waals surface area contributed by atoms with Crippen molar-refractivity contribution in [1.29, 1.82) is 0 Å². The molecule has 170 valence electrons. The lowest BCUT2D eigenvalue weighted by atomic mass is 9.61. The summed E-state index contributed by atoms with van der Waals surface area (Å²) in [6.07, 6.45) is 9.32. The van der Waals surface area contributed by atoms with Crippen LogP contribution < -0.4 is 17.2 Å². The van der Waals surface area contributed by atoms with Crippen LogP contribution in [-0.4, -0.2) is 0 Å². The van der Waals surface area contributed by atoms with Crippen LogP contribution in [0.25, 0.3) is 0 Å². The average Bonchev–Trinajstić information content (AvgIpc) is 3.34. The molecule has 1 unspecified atom stereocenters. The van der Waals surface area contributed by atoms with Crippen molar-refractivity contribution in [2.75, 3.05) is 0 Å². The van der Waals surface area contributed by atoms with Crippen molar-refractivity contribution in [3.05, 3.63) is 130 Å². The summed E-state index contributed by atoms with van der Waals surface area (Å²) in [4.78, 5) is 0. The van der Waals surface area contributed by atoms with Gasteiger partial charge >= 0.3 is 0 Å². The van der Waals surface area contributed by atoms with Crippen LogP contribution in [0.1, 0.15) is 53.1 Å². The Balaban J connectivity index is 2.08.